The highest BCUT2D eigenvalue weighted by Crippen LogP contribution is 2.11. The molecule has 0 saturated heterocycles. The zero-order valence-corrected chi connectivity index (χ0v) is 9.28. The Balaban J connectivity index is 2.32. The first-order valence-electron chi connectivity index (χ1n) is 4.52. The van der Waals surface area contributed by atoms with Crippen molar-refractivity contribution in [1.82, 2.24) is 10.3 Å². The minimum Gasteiger partial charge on any atom is -0.396 e. The summed E-state index contributed by atoms with van der Waals surface area (Å²) in [6.07, 6.45) is 0. The lowest BCUT2D eigenvalue weighted by atomic mass is 9.95. The predicted octanol–water partition coefficient (Wildman–Crippen LogP) is 0.544. The number of aromatic amines is 1. The van der Waals surface area contributed by atoms with E-state index in [1.807, 2.05) is 13.8 Å². The van der Waals surface area contributed by atoms with E-state index in [-0.39, 0.29) is 16.9 Å². The molecular formula is C9H16N2O2S. The largest absolute Gasteiger partial charge is 0.396 e. The third-order valence-corrected chi connectivity index (χ3v) is 2.64. The van der Waals surface area contributed by atoms with Crippen LogP contribution in [-0.4, -0.2) is 23.2 Å². The monoisotopic (exact) mass is 216 g/mol. The fraction of sp³-hybridized carbons (Fsp3) is 0.667. The number of nitrogens with one attached hydrogen (secondary N) is 2. The molecule has 0 saturated carbocycles. The van der Waals surface area contributed by atoms with Gasteiger partial charge in [0.1, 0.15) is 0 Å². The molecule has 14 heavy (non-hydrogen) atoms. The molecule has 4 nitrogen and oxygen atoms in total. The van der Waals surface area contributed by atoms with Gasteiger partial charge in [-0.3, -0.25) is 4.79 Å². The van der Waals surface area contributed by atoms with Crippen LogP contribution in [0.3, 0.4) is 0 Å². The molecule has 0 aromatic carbocycles. The third-order valence-electron chi connectivity index (χ3n) is 1.92. The summed E-state index contributed by atoms with van der Waals surface area (Å²) in [7, 11) is 0. The SMILES string of the molecule is CC(C)(CO)CNCc1csc(=O)[nH]1. The number of aliphatic hydroxyl groups excluding tert-OH is 1. The first kappa shape index (κ1) is 11.4. The van der Waals surface area contributed by atoms with Gasteiger partial charge in [-0.25, -0.2) is 0 Å². The summed E-state index contributed by atoms with van der Waals surface area (Å²) in [5.41, 5.74) is 0.782. The maximum absolute atomic E-state index is 10.8. The Bertz CT molecular complexity index is 330. The second-order valence-electron chi connectivity index (χ2n) is 4.10. The van der Waals surface area contributed by atoms with Gasteiger partial charge in [-0.2, -0.15) is 0 Å². The van der Waals surface area contributed by atoms with Gasteiger partial charge in [0, 0.05) is 36.2 Å². The highest BCUT2D eigenvalue weighted by molar-refractivity contribution is 7.07. The number of rotatable bonds is 5. The van der Waals surface area contributed by atoms with Crippen LogP contribution in [0.2, 0.25) is 0 Å². The van der Waals surface area contributed by atoms with E-state index in [0.717, 1.165) is 12.2 Å². The average Bonchev–Trinajstić information content (AvgIpc) is 2.51. The molecule has 3 N–H and O–H groups in total. The van der Waals surface area contributed by atoms with Crippen LogP contribution in [-0.2, 0) is 6.54 Å². The number of hydrogen-bond acceptors (Lipinski definition) is 4. The van der Waals surface area contributed by atoms with Crippen molar-refractivity contribution in [2.75, 3.05) is 13.2 Å². The molecule has 0 aliphatic carbocycles. The van der Waals surface area contributed by atoms with Gasteiger partial charge in [0.25, 0.3) is 0 Å². The average molecular weight is 216 g/mol. The molecule has 0 atom stereocenters. The van der Waals surface area contributed by atoms with Crippen LogP contribution in [0.25, 0.3) is 0 Å². The molecule has 5 heteroatoms. The summed E-state index contributed by atoms with van der Waals surface area (Å²) in [4.78, 5) is 13.5. The molecule has 0 aliphatic rings. The first-order chi connectivity index (χ1) is 6.53. The molecule has 0 radical (unpaired) electrons. The summed E-state index contributed by atoms with van der Waals surface area (Å²) >= 11 is 1.17. The first-order valence-corrected chi connectivity index (χ1v) is 5.40. The minimum atomic E-state index is -0.115. The van der Waals surface area contributed by atoms with Gasteiger partial charge in [0.15, 0.2) is 0 Å². The number of H-pyrrole nitrogens is 1. The van der Waals surface area contributed by atoms with Crippen molar-refractivity contribution >= 4 is 11.3 Å². The quantitative estimate of drug-likeness (QED) is 0.673. The fourth-order valence-electron chi connectivity index (χ4n) is 0.992. The molecule has 0 spiro atoms. The summed E-state index contributed by atoms with van der Waals surface area (Å²) in [5.74, 6) is 0. The van der Waals surface area contributed by atoms with Gasteiger partial charge in [-0.1, -0.05) is 25.2 Å². The lowest BCUT2D eigenvalue weighted by molar-refractivity contribution is 0.156. The van der Waals surface area contributed by atoms with Crippen LogP contribution in [0.4, 0.5) is 0 Å². The van der Waals surface area contributed by atoms with Gasteiger partial charge < -0.3 is 15.4 Å². The lowest BCUT2D eigenvalue weighted by Gasteiger charge is -2.21. The Morgan fingerprint density at radius 1 is 1.64 bits per heavy atom. The van der Waals surface area contributed by atoms with Crippen LogP contribution in [0, 0.1) is 5.41 Å². The summed E-state index contributed by atoms with van der Waals surface area (Å²) in [6.45, 7) is 5.48. The summed E-state index contributed by atoms with van der Waals surface area (Å²) in [5, 5.41) is 14.0. The van der Waals surface area contributed by atoms with E-state index in [2.05, 4.69) is 10.3 Å². The Kier molecular flexibility index (Phi) is 3.86. The van der Waals surface area contributed by atoms with Crippen molar-refractivity contribution in [1.29, 1.82) is 0 Å². The van der Waals surface area contributed by atoms with Crippen molar-refractivity contribution in [3.63, 3.8) is 0 Å². The maximum Gasteiger partial charge on any atom is 0.304 e. The molecule has 1 aromatic heterocycles. The Morgan fingerprint density at radius 2 is 2.36 bits per heavy atom. The minimum absolute atomic E-state index is 0.0248. The normalized spacial score (nSPS) is 11.9. The second-order valence-corrected chi connectivity index (χ2v) is 4.94. The third kappa shape index (κ3) is 3.61. The highest BCUT2D eigenvalue weighted by Gasteiger charge is 2.15. The van der Waals surface area contributed by atoms with Gasteiger partial charge in [0.2, 0.25) is 0 Å². The standard InChI is InChI=1S/C9H16N2O2S/c1-9(2,6-12)5-10-3-7-4-14-8(13)11-7/h4,10,12H,3,5-6H2,1-2H3,(H,11,13). The van der Waals surface area contributed by atoms with Crippen molar-refractivity contribution in [2.45, 2.75) is 20.4 Å². The van der Waals surface area contributed by atoms with Crippen LogP contribution in [0.5, 0.6) is 0 Å². The maximum atomic E-state index is 10.8. The van der Waals surface area contributed by atoms with Gasteiger partial charge >= 0.3 is 4.87 Å². The van der Waals surface area contributed by atoms with Crippen molar-refractivity contribution < 1.29 is 5.11 Å². The molecule has 0 amide bonds. The predicted molar refractivity (Wildman–Crippen MR) is 57.5 cm³/mol. The van der Waals surface area contributed by atoms with Gasteiger partial charge in [-0.05, 0) is 0 Å². The zero-order chi connectivity index (χ0) is 10.6. The molecule has 1 aromatic rings. The molecular weight excluding hydrogens is 200 g/mol. The van der Waals surface area contributed by atoms with Crippen molar-refractivity contribution in [3.05, 3.63) is 20.7 Å². The molecule has 0 aliphatic heterocycles. The van der Waals surface area contributed by atoms with Crippen molar-refractivity contribution in [2.24, 2.45) is 5.41 Å². The number of thiazole rings is 1. The van der Waals surface area contributed by atoms with E-state index < -0.39 is 0 Å². The Hall–Kier alpha value is -0.650. The van der Waals surface area contributed by atoms with Crippen LogP contribution < -0.4 is 10.2 Å². The van der Waals surface area contributed by atoms with Gasteiger partial charge in [-0.15, -0.1) is 0 Å². The molecule has 0 bridgehead atoms. The molecule has 1 heterocycles. The molecule has 0 fully saturated rings. The van der Waals surface area contributed by atoms with Crippen LogP contribution in [0.15, 0.2) is 10.2 Å². The fourth-order valence-corrected chi connectivity index (χ4v) is 1.57. The Morgan fingerprint density at radius 3 is 2.86 bits per heavy atom. The Labute approximate surface area is 87.0 Å². The molecule has 80 valence electrons. The summed E-state index contributed by atoms with van der Waals surface area (Å²) in [6, 6.07) is 0. The van der Waals surface area contributed by atoms with E-state index in [4.69, 9.17) is 5.11 Å². The topological polar surface area (TPSA) is 65.1 Å². The second kappa shape index (κ2) is 4.72. The van der Waals surface area contributed by atoms with E-state index in [0.29, 0.717) is 6.54 Å². The van der Waals surface area contributed by atoms with Crippen LogP contribution >= 0.6 is 11.3 Å². The number of hydrogen-bond donors (Lipinski definition) is 3. The van der Waals surface area contributed by atoms with Gasteiger partial charge in [0.05, 0.1) is 0 Å². The zero-order valence-electron chi connectivity index (χ0n) is 8.46. The van der Waals surface area contributed by atoms with E-state index >= 15 is 0 Å². The van der Waals surface area contributed by atoms with E-state index in [1.165, 1.54) is 11.3 Å². The number of aliphatic hydroxyl groups is 1. The highest BCUT2D eigenvalue weighted by atomic mass is 32.1. The van der Waals surface area contributed by atoms with Crippen molar-refractivity contribution in [3.8, 4) is 0 Å². The molecule has 0 unspecified atom stereocenters. The van der Waals surface area contributed by atoms with E-state index in [1.54, 1.807) is 5.38 Å². The smallest absolute Gasteiger partial charge is 0.304 e. The molecule has 1 rings (SSSR count). The summed E-state index contributed by atoms with van der Waals surface area (Å²) < 4.78 is 0. The van der Waals surface area contributed by atoms with E-state index in [9.17, 15) is 4.79 Å². The van der Waals surface area contributed by atoms with Crippen LogP contribution in [0.1, 0.15) is 19.5 Å². The lowest BCUT2D eigenvalue weighted by Crippen LogP contribution is -2.32. The number of aromatic nitrogens is 1.